The summed E-state index contributed by atoms with van der Waals surface area (Å²) >= 11 is 0.978. The largest absolute Gasteiger partial charge is 0.464 e. The molecule has 1 amide bonds. The Morgan fingerprint density at radius 1 is 1.26 bits per heavy atom. The van der Waals surface area contributed by atoms with Crippen LogP contribution in [0.2, 0.25) is 0 Å². The molecule has 19 heavy (non-hydrogen) atoms. The highest BCUT2D eigenvalue weighted by molar-refractivity contribution is 7.03. The van der Waals surface area contributed by atoms with E-state index in [-0.39, 0.29) is 18.9 Å². The van der Waals surface area contributed by atoms with Crippen LogP contribution >= 0.6 is 11.5 Å². The summed E-state index contributed by atoms with van der Waals surface area (Å²) in [7, 11) is 0. The number of rotatable bonds is 6. The molecule has 8 nitrogen and oxygen atoms in total. The minimum atomic E-state index is -1.51. The van der Waals surface area contributed by atoms with Crippen molar-refractivity contribution in [2.75, 3.05) is 13.2 Å². The number of nitrogens with zero attached hydrogens (tertiary/aromatic N) is 2. The van der Waals surface area contributed by atoms with Crippen LogP contribution in [0.25, 0.3) is 0 Å². The first-order valence-corrected chi connectivity index (χ1v) is 6.35. The van der Waals surface area contributed by atoms with Crippen molar-refractivity contribution in [3.05, 3.63) is 11.1 Å². The Hall–Kier alpha value is -2.03. The number of amides is 1. The molecule has 0 aliphatic rings. The van der Waals surface area contributed by atoms with Gasteiger partial charge in [-0.2, -0.15) is 0 Å². The average Bonchev–Trinajstić information content (AvgIpc) is 2.90. The van der Waals surface area contributed by atoms with E-state index >= 15 is 0 Å². The zero-order chi connectivity index (χ0) is 14.3. The predicted molar refractivity (Wildman–Crippen MR) is 64.4 cm³/mol. The number of hydrogen-bond donors (Lipinski definition) is 1. The Morgan fingerprint density at radius 2 is 1.84 bits per heavy atom. The minimum absolute atomic E-state index is 0.0172. The van der Waals surface area contributed by atoms with Gasteiger partial charge in [0.25, 0.3) is 5.91 Å². The first-order chi connectivity index (χ1) is 9.10. The lowest BCUT2D eigenvalue weighted by Gasteiger charge is -2.14. The highest BCUT2D eigenvalue weighted by Crippen LogP contribution is 2.00. The Morgan fingerprint density at radius 3 is 2.26 bits per heavy atom. The molecular formula is C10H13N3O5S. The van der Waals surface area contributed by atoms with E-state index in [0.717, 1.165) is 11.5 Å². The average molecular weight is 287 g/mol. The Labute approximate surface area is 113 Å². The summed E-state index contributed by atoms with van der Waals surface area (Å²) in [5, 5.41) is 7.13. The van der Waals surface area contributed by atoms with Crippen LogP contribution in [0.1, 0.15) is 24.3 Å². The molecule has 0 aliphatic carbocycles. The van der Waals surface area contributed by atoms with E-state index in [9.17, 15) is 14.4 Å². The van der Waals surface area contributed by atoms with Crippen molar-refractivity contribution >= 4 is 29.4 Å². The highest BCUT2D eigenvalue weighted by atomic mass is 32.1. The van der Waals surface area contributed by atoms with Gasteiger partial charge in [-0.15, -0.1) is 5.10 Å². The van der Waals surface area contributed by atoms with Gasteiger partial charge < -0.3 is 14.8 Å². The van der Waals surface area contributed by atoms with Crippen LogP contribution in [0, 0.1) is 0 Å². The molecule has 9 heteroatoms. The van der Waals surface area contributed by atoms with Gasteiger partial charge in [0.2, 0.25) is 6.04 Å². The summed E-state index contributed by atoms with van der Waals surface area (Å²) in [6.07, 6.45) is 0. The molecule has 1 heterocycles. The van der Waals surface area contributed by atoms with Crippen molar-refractivity contribution in [2.45, 2.75) is 19.9 Å². The number of nitrogens with one attached hydrogen (secondary N) is 1. The van der Waals surface area contributed by atoms with Gasteiger partial charge in [-0.1, -0.05) is 4.49 Å². The molecule has 0 saturated heterocycles. The van der Waals surface area contributed by atoms with Gasteiger partial charge in [-0.3, -0.25) is 4.79 Å². The van der Waals surface area contributed by atoms with E-state index in [1.807, 2.05) is 0 Å². The molecule has 1 rings (SSSR count). The second-order valence-electron chi connectivity index (χ2n) is 3.20. The molecule has 0 atom stereocenters. The molecule has 0 radical (unpaired) electrons. The SMILES string of the molecule is CCOC(=O)C(NC(=O)c1csnn1)C(=O)OCC. The number of carbonyl (C=O) groups is 3. The fourth-order valence-corrected chi connectivity index (χ4v) is 1.57. The summed E-state index contributed by atoms with van der Waals surface area (Å²) in [6, 6.07) is -1.51. The lowest BCUT2D eigenvalue weighted by molar-refractivity contribution is -0.157. The highest BCUT2D eigenvalue weighted by Gasteiger charge is 2.32. The van der Waals surface area contributed by atoms with Gasteiger partial charge in [-0.05, 0) is 25.4 Å². The molecule has 104 valence electrons. The summed E-state index contributed by atoms with van der Waals surface area (Å²) in [4.78, 5) is 34.9. The second kappa shape index (κ2) is 7.41. The van der Waals surface area contributed by atoms with Gasteiger partial charge in [0.1, 0.15) is 0 Å². The lowest BCUT2D eigenvalue weighted by atomic mass is 10.3. The number of ether oxygens (including phenoxy) is 2. The molecule has 0 bridgehead atoms. The molecule has 1 N–H and O–H groups in total. The third-order valence-electron chi connectivity index (χ3n) is 1.91. The van der Waals surface area contributed by atoms with Gasteiger partial charge in [0.05, 0.1) is 13.2 Å². The maximum absolute atomic E-state index is 11.7. The third-order valence-corrected chi connectivity index (χ3v) is 2.42. The Kier molecular flexibility index (Phi) is 5.86. The van der Waals surface area contributed by atoms with E-state index in [2.05, 4.69) is 14.9 Å². The quantitative estimate of drug-likeness (QED) is 0.568. The standard InChI is InChI=1S/C10H13N3O5S/c1-3-17-9(15)7(10(16)18-4-2)11-8(14)6-5-19-13-12-6/h5,7H,3-4H2,1-2H3,(H,11,14). The summed E-state index contributed by atoms with van der Waals surface area (Å²) in [5.41, 5.74) is 0.0172. The molecule has 0 aromatic carbocycles. The van der Waals surface area contributed by atoms with Crippen molar-refractivity contribution in [3.63, 3.8) is 0 Å². The molecule has 0 fully saturated rings. The maximum Gasteiger partial charge on any atom is 0.340 e. The number of hydrogen-bond acceptors (Lipinski definition) is 8. The second-order valence-corrected chi connectivity index (χ2v) is 3.81. The van der Waals surface area contributed by atoms with Crippen molar-refractivity contribution in [2.24, 2.45) is 0 Å². The predicted octanol–water partition coefficient (Wildman–Crippen LogP) is -0.237. The van der Waals surface area contributed by atoms with Gasteiger partial charge in [0.15, 0.2) is 5.69 Å². The fourth-order valence-electron chi connectivity index (χ4n) is 1.13. The van der Waals surface area contributed by atoms with Crippen LogP contribution in [-0.4, -0.2) is 46.7 Å². The zero-order valence-corrected chi connectivity index (χ0v) is 11.2. The van der Waals surface area contributed by atoms with E-state index in [1.54, 1.807) is 13.8 Å². The first kappa shape index (κ1) is 15.0. The van der Waals surface area contributed by atoms with Gasteiger partial charge in [-0.25, -0.2) is 9.59 Å². The lowest BCUT2D eigenvalue weighted by Crippen LogP contribution is -2.48. The maximum atomic E-state index is 11.7. The Bertz CT molecular complexity index is 430. The van der Waals surface area contributed by atoms with Crippen LogP contribution in [-0.2, 0) is 19.1 Å². The first-order valence-electron chi connectivity index (χ1n) is 5.51. The number of carbonyl (C=O) groups excluding carboxylic acids is 3. The molecule has 0 aliphatic heterocycles. The molecule has 0 saturated carbocycles. The van der Waals surface area contributed by atoms with E-state index < -0.39 is 23.9 Å². The van der Waals surface area contributed by atoms with Crippen LogP contribution in [0.4, 0.5) is 0 Å². The molecule has 1 aromatic rings. The van der Waals surface area contributed by atoms with E-state index in [4.69, 9.17) is 9.47 Å². The normalized spacial score (nSPS) is 10.1. The van der Waals surface area contributed by atoms with Crippen LogP contribution in [0.5, 0.6) is 0 Å². The monoisotopic (exact) mass is 287 g/mol. The van der Waals surface area contributed by atoms with Crippen molar-refractivity contribution in [3.8, 4) is 0 Å². The van der Waals surface area contributed by atoms with E-state index in [1.165, 1.54) is 5.38 Å². The molecule has 0 unspecified atom stereocenters. The van der Waals surface area contributed by atoms with Gasteiger partial charge in [0, 0.05) is 5.38 Å². The van der Waals surface area contributed by atoms with Crippen LogP contribution in [0.3, 0.4) is 0 Å². The minimum Gasteiger partial charge on any atom is -0.464 e. The van der Waals surface area contributed by atoms with Crippen LogP contribution in [0.15, 0.2) is 5.38 Å². The van der Waals surface area contributed by atoms with E-state index in [0.29, 0.717) is 0 Å². The van der Waals surface area contributed by atoms with Gasteiger partial charge >= 0.3 is 11.9 Å². The van der Waals surface area contributed by atoms with Crippen LogP contribution < -0.4 is 5.32 Å². The van der Waals surface area contributed by atoms with Crippen molar-refractivity contribution in [1.82, 2.24) is 14.9 Å². The zero-order valence-electron chi connectivity index (χ0n) is 10.4. The molecule has 0 spiro atoms. The molecular weight excluding hydrogens is 274 g/mol. The fraction of sp³-hybridized carbons (Fsp3) is 0.500. The third kappa shape index (κ3) is 4.28. The smallest absolute Gasteiger partial charge is 0.340 e. The molecule has 1 aromatic heterocycles. The number of esters is 2. The summed E-state index contributed by atoms with van der Waals surface area (Å²) in [5.74, 6) is -2.45. The van der Waals surface area contributed by atoms with Crippen molar-refractivity contribution in [1.29, 1.82) is 0 Å². The summed E-state index contributed by atoms with van der Waals surface area (Å²) < 4.78 is 12.9. The number of aromatic nitrogens is 2. The topological polar surface area (TPSA) is 107 Å². The summed E-state index contributed by atoms with van der Waals surface area (Å²) in [6.45, 7) is 3.35. The Balaban J connectivity index is 2.76. The van der Waals surface area contributed by atoms with Crippen molar-refractivity contribution < 1.29 is 23.9 Å².